The molecule has 0 bridgehead atoms. The molecular weight excluding hydrogens is 460 g/mol. The van der Waals surface area contributed by atoms with Crippen LogP contribution in [0.15, 0.2) is 48.5 Å². The lowest BCUT2D eigenvalue weighted by Crippen LogP contribution is -2.46. The zero-order valence-corrected chi connectivity index (χ0v) is 21.1. The predicted octanol–water partition coefficient (Wildman–Crippen LogP) is 2.69. The zero-order chi connectivity index (χ0) is 25.5. The zero-order valence-electron chi connectivity index (χ0n) is 21.1. The number of carbonyl (C=O) groups excluding carboxylic acids is 2. The molecule has 1 fully saturated rings. The number of rotatable bonds is 8. The third kappa shape index (κ3) is 6.38. The van der Waals surface area contributed by atoms with Crippen molar-refractivity contribution in [1.29, 1.82) is 0 Å². The summed E-state index contributed by atoms with van der Waals surface area (Å²) in [7, 11) is 0. The van der Waals surface area contributed by atoms with Gasteiger partial charge in [-0.15, -0.1) is 10.2 Å². The first kappa shape index (κ1) is 25.6. The van der Waals surface area contributed by atoms with E-state index in [9.17, 15) is 9.59 Å². The highest BCUT2D eigenvalue weighted by atomic mass is 16.5. The van der Waals surface area contributed by atoms with Crippen molar-refractivity contribution in [1.82, 2.24) is 30.1 Å². The van der Waals surface area contributed by atoms with Crippen molar-refractivity contribution in [3.8, 4) is 0 Å². The van der Waals surface area contributed by atoms with Gasteiger partial charge in [0.2, 0.25) is 5.91 Å². The van der Waals surface area contributed by atoms with Gasteiger partial charge in [0.15, 0.2) is 11.5 Å². The van der Waals surface area contributed by atoms with Gasteiger partial charge in [0.05, 0.1) is 33.0 Å². The fourth-order valence-corrected chi connectivity index (χ4v) is 3.86. The monoisotopic (exact) mass is 494 g/mol. The summed E-state index contributed by atoms with van der Waals surface area (Å²) in [5, 5.41) is 14.8. The summed E-state index contributed by atoms with van der Waals surface area (Å²) in [6.45, 7) is 8.68. The molecule has 3 heterocycles. The van der Waals surface area contributed by atoms with Crippen LogP contribution in [0.2, 0.25) is 0 Å². The van der Waals surface area contributed by atoms with Crippen molar-refractivity contribution in [2.45, 2.75) is 40.0 Å². The van der Waals surface area contributed by atoms with Gasteiger partial charge in [0, 0.05) is 24.2 Å². The average molecular weight is 495 g/mol. The molecule has 3 amide bonds. The lowest BCUT2D eigenvalue weighted by molar-refractivity contribution is -0.129. The van der Waals surface area contributed by atoms with E-state index in [1.54, 1.807) is 4.90 Å². The SMILES string of the molecule is CC(C)(C)C(=O)N[C@H](COCc1ccccc1)c1nnc2cccc(CNC(=O)N3CCOCC3)n12. The van der Waals surface area contributed by atoms with Crippen molar-refractivity contribution < 1.29 is 19.1 Å². The van der Waals surface area contributed by atoms with Crippen molar-refractivity contribution in [3.05, 3.63) is 65.6 Å². The highest BCUT2D eigenvalue weighted by Gasteiger charge is 2.28. The van der Waals surface area contributed by atoms with Crippen molar-refractivity contribution in [2.24, 2.45) is 5.41 Å². The molecule has 0 spiro atoms. The molecule has 10 heteroatoms. The van der Waals surface area contributed by atoms with Crippen LogP contribution in [0.5, 0.6) is 0 Å². The Bertz CT molecular complexity index is 1170. The predicted molar refractivity (Wildman–Crippen MR) is 134 cm³/mol. The molecule has 0 radical (unpaired) electrons. The number of morpholine rings is 1. The maximum atomic E-state index is 12.9. The standard InChI is InChI=1S/C26H34N6O4/c1-26(2,3)24(33)28-21(18-36-17-19-8-5-4-6-9-19)23-30-29-22-11-7-10-20(32(22)23)16-27-25(34)31-12-14-35-15-13-31/h4-11,21H,12-18H2,1-3H3,(H,27,34)(H,28,33)/t21-/m1/s1. The summed E-state index contributed by atoms with van der Waals surface area (Å²) in [5.74, 6) is 0.428. The fraction of sp³-hybridized carbons (Fsp3) is 0.462. The van der Waals surface area contributed by atoms with E-state index >= 15 is 0 Å². The quantitative estimate of drug-likeness (QED) is 0.498. The lowest BCUT2D eigenvalue weighted by Gasteiger charge is -2.27. The molecule has 0 aliphatic carbocycles. The highest BCUT2D eigenvalue weighted by molar-refractivity contribution is 5.81. The Morgan fingerprint density at radius 2 is 1.81 bits per heavy atom. The first-order valence-electron chi connectivity index (χ1n) is 12.2. The smallest absolute Gasteiger partial charge is 0.317 e. The number of benzene rings is 1. The van der Waals surface area contributed by atoms with Gasteiger partial charge in [-0.25, -0.2) is 4.79 Å². The van der Waals surface area contributed by atoms with E-state index in [0.29, 0.717) is 44.4 Å². The molecule has 1 aliphatic rings. The minimum Gasteiger partial charge on any atom is -0.378 e. The van der Waals surface area contributed by atoms with Gasteiger partial charge in [0.25, 0.3) is 0 Å². The number of carbonyl (C=O) groups is 2. The number of ether oxygens (including phenoxy) is 2. The topological polar surface area (TPSA) is 110 Å². The molecule has 1 saturated heterocycles. The Kier molecular flexibility index (Phi) is 8.17. The second kappa shape index (κ2) is 11.5. The first-order valence-corrected chi connectivity index (χ1v) is 12.2. The number of hydrogen-bond acceptors (Lipinski definition) is 6. The number of nitrogens with one attached hydrogen (secondary N) is 2. The summed E-state index contributed by atoms with van der Waals surface area (Å²) in [5.41, 5.74) is 1.87. The van der Waals surface area contributed by atoms with Crippen LogP contribution < -0.4 is 10.6 Å². The Balaban J connectivity index is 1.55. The van der Waals surface area contributed by atoms with Crippen LogP contribution in [-0.4, -0.2) is 64.3 Å². The van der Waals surface area contributed by atoms with Gasteiger partial charge in [-0.2, -0.15) is 0 Å². The van der Waals surface area contributed by atoms with Gasteiger partial charge in [-0.3, -0.25) is 9.20 Å². The van der Waals surface area contributed by atoms with E-state index in [4.69, 9.17) is 9.47 Å². The Morgan fingerprint density at radius 3 is 2.53 bits per heavy atom. The number of hydrogen-bond donors (Lipinski definition) is 2. The number of nitrogens with zero attached hydrogens (tertiary/aromatic N) is 4. The Hall–Kier alpha value is -3.50. The van der Waals surface area contributed by atoms with E-state index in [2.05, 4.69) is 20.8 Å². The molecule has 10 nitrogen and oxygen atoms in total. The van der Waals surface area contributed by atoms with Crippen LogP contribution >= 0.6 is 0 Å². The number of aromatic nitrogens is 3. The van der Waals surface area contributed by atoms with Gasteiger partial charge < -0.3 is 25.0 Å². The molecule has 4 rings (SSSR count). The third-order valence-corrected chi connectivity index (χ3v) is 5.95. The molecular formula is C26H34N6O4. The van der Waals surface area contributed by atoms with E-state index in [1.165, 1.54) is 0 Å². The number of pyridine rings is 1. The van der Waals surface area contributed by atoms with Gasteiger partial charge in [-0.05, 0) is 17.7 Å². The summed E-state index contributed by atoms with van der Waals surface area (Å²) in [6, 6.07) is 14.8. The van der Waals surface area contributed by atoms with Crippen LogP contribution in [0.4, 0.5) is 4.79 Å². The van der Waals surface area contributed by atoms with Crippen molar-refractivity contribution in [3.63, 3.8) is 0 Å². The molecule has 1 aliphatic heterocycles. The highest BCUT2D eigenvalue weighted by Crippen LogP contribution is 2.20. The number of amides is 3. The molecule has 0 saturated carbocycles. The number of fused-ring (bicyclic) bond motifs is 1. The lowest BCUT2D eigenvalue weighted by atomic mass is 9.95. The Labute approximate surface area is 211 Å². The van der Waals surface area contributed by atoms with Crippen molar-refractivity contribution in [2.75, 3.05) is 32.9 Å². The molecule has 1 aromatic carbocycles. The van der Waals surface area contributed by atoms with Crippen LogP contribution in [0.3, 0.4) is 0 Å². The second-order valence-electron chi connectivity index (χ2n) is 9.80. The summed E-state index contributed by atoms with van der Waals surface area (Å²) < 4.78 is 13.2. The third-order valence-electron chi connectivity index (χ3n) is 5.95. The maximum absolute atomic E-state index is 12.9. The first-order chi connectivity index (χ1) is 17.3. The second-order valence-corrected chi connectivity index (χ2v) is 9.80. The molecule has 1 atom stereocenters. The minimum atomic E-state index is -0.590. The largest absolute Gasteiger partial charge is 0.378 e. The molecule has 0 unspecified atom stereocenters. The number of urea groups is 1. The van der Waals surface area contributed by atoms with Crippen molar-refractivity contribution >= 4 is 17.6 Å². The van der Waals surface area contributed by atoms with Crippen LogP contribution in [0.1, 0.15) is 43.9 Å². The van der Waals surface area contributed by atoms with E-state index in [-0.39, 0.29) is 25.1 Å². The summed E-state index contributed by atoms with van der Waals surface area (Å²) in [6.07, 6.45) is 0. The normalized spacial score (nSPS) is 15.0. The summed E-state index contributed by atoms with van der Waals surface area (Å²) >= 11 is 0. The minimum absolute atomic E-state index is 0.120. The van der Waals surface area contributed by atoms with E-state index in [1.807, 2.05) is 73.7 Å². The van der Waals surface area contributed by atoms with E-state index in [0.717, 1.165) is 11.3 Å². The van der Waals surface area contributed by atoms with Crippen LogP contribution in [0.25, 0.3) is 5.65 Å². The fourth-order valence-electron chi connectivity index (χ4n) is 3.86. The van der Waals surface area contributed by atoms with Gasteiger partial charge >= 0.3 is 6.03 Å². The van der Waals surface area contributed by atoms with Gasteiger partial charge in [0.1, 0.15) is 6.04 Å². The Morgan fingerprint density at radius 1 is 1.06 bits per heavy atom. The maximum Gasteiger partial charge on any atom is 0.317 e. The molecule has 3 aromatic rings. The van der Waals surface area contributed by atoms with Gasteiger partial charge in [-0.1, -0.05) is 57.2 Å². The average Bonchev–Trinajstić information content (AvgIpc) is 3.32. The molecule has 192 valence electrons. The molecule has 2 N–H and O–H groups in total. The molecule has 36 heavy (non-hydrogen) atoms. The molecule has 2 aromatic heterocycles. The summed E-state index contributed by atoms with van der Waals surface area (Å²) in [4.78, 5) is 27.3. The van der Waals surface area contributed by atoms with Crippen LogP contribution in [-0.2, 0) is 27.4 Å². The van der Waals surface area contributed by atoms with E-state index < -0.39 is 11.5 Å². The van der Waals surface area contributed by atoms with Crippen LogP contribution in [0, 0.1) is 5.41 Å².